The number of carbonyl (C=O) groups excluding carboxylic acids is 1. The Bertz CT molecular complexity index is 797. The van der Waals surface area contributed by atoms with Crippen molar-refractivity contribution in [1.82, 2.24) is 0 Å². The number of benzene rings is 2. The highest BCUT2D eigenvalue weighted by Gasteiger charge is 2.24. The molecule has 0 fully saturated rings. The zero-order chi connectivity index (χ0) is 17.0. The Morgan fingerprint density at radius 3 is 2.39 bits per heavy atom. The second-order valence-electron chi connectivity index (χ2n) is 4.64. The van der Waals surface area contributed by atoms with E-state index in [-0.39, 0.29) is 11.3 Å². The topological polar surface area (TPSA) is 93.2 Å². The molecule has 0 N–H and O–H groups in total. The van der Waals surface area contributed by atoms with Crippen molar-refractivity contribution in [3.8, 4) is 6.07 Å². The highest BCUT2D eigenvalue weighted by atomic mass is 35.5. The summed E-state index contributed by atoms with van der Waals surface area (Å²) in [5, 5.41) is 21.0. The Morgan fingerprint density at radius 2 is 1.87 bits per heavy atom. The largest absolute Gasteiger partial charge is 0.465 e. The molecule has 0 saturated carbocycles. The molecule has 0 aliphatic rings. The van der Waals surface area contributed by atoms with Crippen molar-refractivity contribution in [1.29, 1.82) is 5.26 Å². The number of nitro benzene ring substituents is 1. The molecule has 0 unspecified atom stereocenters. The van der Waals surface area contributed by atoms with Gasteiger partial charge in [-0.05, 0) is 29.3 Å². The van der Waals surface area contributed by atoms with Gasteiger partial charge in [0.15, 0.2) is 0 Å². The van der Waals surface area contributed by atoms with Crippen LogP contribution in [-0.4, -0.2) is 18.0 Å². The first kappa shape index (κ1) is 16.5. The maximum absolute atomic E-state index is 11.8. The first-order valence-corrected chi connectivity index (χ1v) is 6.87. The lowest BCUT2D eigenvalue weighted by Gasteiger charge is -2.11. The van der Waals surface area contributed by atoms with Crippen molar-refractivity contribution in [2.24, 2.45) is 0 Å². The van der Waals surface area contributed by atoms with Gasteiger partial charge >= 0.3 is 5.97 Å². The van der Waals surface area contributed by atoms with E-state index in [0.717, 1.165) is 7.11 Å². The minimum absolute atomic E-state index is 0.191. The molecule has 0 heterocycles. The quantitative estimate of drug-likeness (QED) is 0.484. The van der Waals surface area contributed by atoms with Crippen molar-refractivity contribution in [2.45, 2.75) is 5.92 Å². The first-order chi connectivity index (χ1) is 11.0. The lowest BCUT2D eigenvalue weighted by atomic mass is 9.91. The Balaban J connectivity index is 2.53. The van der Waals surface area contributed by atoms with Crippen molar-refractivity contribution in [3.63, 3.8) is 0 Å². The molecule has 0 aromatic heterocycles. The summed E-state index contributed by atoms with van der Waals surface area (Å²) in [5.74, 6) is -1.51. The molecule has 0 aliphatic heterocycles. The van der Waals surface area contributed by atoms with Gasteiger partial charge in [0.2, 0.25) is 0 Å². The molecule has 2 aromatic carbocycles. The summed E-state index contributed by atoms with van der Waals surface area (Å²) in [7, 11) is 1.14. The van der Waals surface area contributed by atoms with Gasteiger partial charge in [-0.3, -0.25) is 10.1 Å². The summed E-state index contributed by atoms with van der Waals surface area (Å²) < 4.78 is 4.57. The van der Waals surface area contributed by atoms with Gasteiger partial charge in [0.05, 0.1) is 24.0 Å². The molecule has 0 bridgehead atoms. The molecule has 0 amide bonds. The fourth-order valence-corrected chi connectivity index (χ4v) is 2.29. The average molecular weight is 331 g/mol. The van der Waals surface area contributed by atoms with Crippen molar-refractivity contribution >= 4 is 23.3 Å². The summed E-state index contributed by atoms with van der Waals surface area (Å²) in [6, 6.07) is 12.8. The average Bonchev–Trinajstić information content (AvgIpc) is 2.56. The van der Waals surface area contributed by atoms with Gasteiger partial charge in [-0.1, -0.05) is 29.8 Å². The van der Waals surface area contributed by atoms with Crippen LogP contribution in [0.3, 0.4) is 0 Å². The lowest BCUT2D eigenvalue weighted by molar-refractivity contribution is -0.385. The van der Waals surface area contributed by atoms with Gasteiger partial charge in [-0.2, -0.15) is 5.26 Å². The number of ether oxygens (including phenoxy) is 1. The molecule has 116 valence electrons. The number of methoxy groups -OCH3 is 1. The number of hydrogen-bond donors (Lipinski definition) is 0. The van der Waals surface area contributed by atoms with Gasteiger partial charge in [0.1, 0.15) is 5.56 Å². The van der Waals surface area contributed by atoms with Gasteiger partial charge in [-0.25, -0.2) is 4.79 Å². The minimum Gasteiger partial charge on any atom is -0.465 e. The van der Waals surface area contributed by atoms with Crippen LogP contribution in [0.15, 0.2) is 42.5 Å². The van der Waals surface area contributed by atoms with Crippen LogP contribution < -0.4 is 0 Å². The van der Waals surface area contributed by atoms with Crippen molar-refractivity contribution in [2.75, 3.05) is 7.11 Å². The molecular formula is C16H11ClN2O4. The van der Waals surface area contributed by atoms with Crippen molar-refractivity contribution in [3.05, 3.63) is 74.3 Å². The molecule has 7 heteroatoms. The zero-order valence-corrected chi connectivity index (χ0v) is 12.8. The third kappa shape index (κ3) is 3.47. The van der Waals surface area contributed by atoms with E-state index in [1.54, 1.807) is 24.3 Å². The summed E-state index contributed by atoms with van der Waals surface area (Å²) in [6.45, 7) is 0. The van der Waals surface area contributed by atoms with Crippen LogP contribution in [0, 0.1) is 21.4 Å². The molecule has 6 nitrogen and oxygen atoms in total. The Morgan fingerprint density at radius 1 is 1.26 bits per heavy atom. The monoisotopic (exact) mass is 330 g/mol. The van der Waals surface area contributed by atoms with E-state index in [4.69, 9.17) is 11.6 Å². The number of rotatable bonds is 4. The summed E-state index contributed by atoms with van der Waals surface area (Å²) in [5.41, 5.74) is 0.569. The van der Waals surface area contributed by atoms with E-state index in [1.165, 1.54) is 18.2 Å². The van der Waals surface area contributed by atoms with E-state index in [1.807, 2.05) is 0 Å². The molecule has 23 heavy (non-hydrogen) atoms. The van der Waals surface area contributed by atoms with Gasteiger partial charge < -0.3 is 4.74 Å². The molecule has 1 atom stereocenters. The fourth-order valence-electron chi connectivity index (χ4n) is 2.16. The summed E-state index contributed by atoms with van der Waals surface area (Å²) in [6.07, 6.45) is 0. The van der Waals surface area contributed by atoms with Crippen molar-refractivity contribution < 1.29 is 14.5 Å². The van der Waals surface area contributed by atoms with Crippen LogP contribution in [0.4, 0.5) is 5.69 Å². The van der Waals surface area contributed by atoms with Gasteiger partial charge in [0, 0.05) is 11.1 Å². The van der Waals surface area contributed by atoms with Gasteiger partial charge in [-0.15, -0.1) is 0 Å². The minimum atomic E-state index is -0.827. The van der Waals surface area contributed by atoms with E-state index in [9.17, 15) is 20.2 Å². The Hall–Kier alpha value is -2.91. The van der Waals surface area contributed by atoms with E-state index in [2.05, 4.69) is 10.8 Å². The van der Waals surface area contributed by atoms with E-state index >= 15 is 0 Å². The number of carbonyl (C=O) groups is 1. The van der Waals surface area contributed by atoms with Crippen LogP contribution in [-0.2, 0) is 4.74 Å². The SMILES string of the molecule is COC(=O)c1cc([C@H](C#N)c2ccc(Cl)cc2)ccc1[N+](=O)[O-]. The van der Waals surface area contributed by atoms with E-state index in [0.29, 0.717) is 16.1 Å². The number of nitrogens with zero attached hydrogens (tertiary/aromatic N) is 2. The number of esters is 1. The third-order valence-corrected chi connectivity index (χ3v) is 3.54. The molecule has 2 rings (SSSR count). The Labute approximate surface area is 137 Å². The predicted octanol–water partition coefficient (Wildman–Crippen LogP) is 3.69. The number of hydrogen-bond acceptors (Lipinski definition) is 5. The van der Waals surface area contributed by atoms with Crippen LogP contribution in [0.1, 0.15) is 27.4 Å². The molecule has 0 aliphatic carbocycles. The fraction of sp³-hybridized carbons (Fsp3) is 0.125. The van der Waals surface area contributed by atoms with Gasteiger partial charge in [0.25, 0.3) is 5.69 Å². The standard InChI is InChI=1S/C16H11ClN2O4/c1-23-16(20)13-8-11(4-7-15(13)19(21)22)14(9-18)10-2-5-12(17)6-3-10/h2-8,14H,1H3/t14-/m1/s1. The molecule has 0 radical (unpaired) electrons. The number of nitriles is 1. The first-order valence-electron chi connectivity index (χ1n) is 6.49. The zero-order valence-electron chi connectivity index (χ0n) is 12.0. The smallest absolute Gasteiger partial charge is 0.344 e. The number of halogens is 1. The lowest BCUT2D eigenvalue weighted by Crippen LogP contribution is -2.08. The summed E-state index contributed by atoms with van der Waals surface area (Å²) in [4.78, 5) is 22.1. The van der Waals surface area contributed by atoms with E-state index < -0.39 is 16.8 Å². The van der Waals surface area contributed by atoms with Crippen LogP contribution in [0.25, 0.3) is 0 Å². The maximum atomic E-state index is 11.8. The third-order valence-electron chi connectivity index (χ3n) is 3.29. The summed E-state index contributed by atoms with van der Waals surface area (Å²) >= 11 is 5.83. The molecule has 0 saturated heterocycles. The van der Waals surface area contributed by atoms with Crippen LogP contribution >= 0.6 is 11.6 Å². The maximum Gasteiger partial charge on any atom is 0.344 e. The highest BCUT2D eigenvalue weighted by molar-refractivity contribution is 6.30. The number of nitro groups is 1. The highest BCUT2D eigenvalue weighted by Crippen LogP contribution is 2.29. The molecular weight excluding hydrogens is 320 g/mol. The molecule has 0 spiro atoms. The predicted molar refractivity (Wildman–Crippen MR) is 83.3 cm³/mol. The van der Waals surface area contributed by atoms with Crippen LogP contribution in [0.5, 0.6) is 0 Å². The second kappa shape index (κ2) is 6.90. The Kier molecular flexibility index (Phi) is 4.94. The molecule has 2 aromatic rings. The normalized spacial score (nSPS) is 11.3. The second-order valence-corrected chi connectivity index (χ2v) is 5.08. The van der Waals surface area contributed by atoms with Crippen LogP contribution in [0.2, 0.25) is 5.02 Å².